The smallest absolute Gasteiger partial charge is 0.0468 e. The molecule has 0 unspecified atom stereocenters. The summed E-state index contributed by atoms with van der Waals surface area (Å²) >= 11 is 0. The summed E-state index contributed by atoms with van der Waals surface area (Å²) in [6.07, 6.45) is 4.67. The number of nitrogens with zero attached hydrogens (tertiary/aromatic N) is 2. The van der Waals surface area contributed by atoms with Crippen LogP contribution in [0, 0.1) is 0 Å². The zero-order valence-corrected chi connectivity index (χ0v) is 52.8. The Balaban J connectivity index is 0.697. The zero-order valence-electron chi connectivity index (χ0n) is 52.8. The minimum absolute atomic E-state index is 1.09. The predicted molar refractivity (Wildman–Crippen MR) is 411 cm³/mol. The molecule has 2 nitrogen and oxygen atoms in total. The number of hydrogen-bond donors (Lipinski definition) is 0. The van der Waals surface area contributed by atoms with E-state index >= 15 is 0 Å². The van der Waals surface area contributed by atoms with E-state index in [2.05, 4.69) is 398 Å². The van der Waals surface area contributed by atoms with Crippen LogP contribution in [0.5, 0.6) is 0 Å². The van der Waals surface area contributed by atoms with Gasteiger partial charge >= 0.3 is 0 Å². The second kappa shape index (κ2) is 25.1. The Labute approximate surface area is 560 Å². The summed E-state index contributed by atoms with van der Waals surface area (Å²) in [6.45, 7) is 0. The molecule has 2 heteroatoms. The predicted octanol–water partition coefficient (Wildman–Crippen LogP) is 26.1. The lowest BCUT2D eigenvalue weighted by atomic mass is 9.85. The molecule has 450 valence electrons. The van der Waals surface area contributed by atoms with Crippen molar-refractivity contribution >= 4 is 122 Å². The van der Waals surface area contributed by atoms with Gasteiger partial charge in [-0.15, -0.1) is 0 Å². The first kappa shape index (κ1) is 57.3. The van der Waals surface area contributed by atoms with Gasteiger partial charge in [-0.2, -0.15) is 0 Å². The Hall–Kier alpha value is -12.6. The number of fused-ring (bicyclic) bond motifs is 6. The summed E-state index contributed by atoms with van der Waals surface area (Å²) in [5, 5.41) is 14.6. The fraction of sp³-hybridized carbons (Fsp3) is 0. The molecule has 17 aromatic rings. The van der Waals surface area contributed by atoms with E-state index in [-0.39, 0.29) is 0 Å². The van der Waals surface area contributed by atoms with Crippen molar-refractivity contribution in [3.05, 3.63) is 409 Å². The monoisotopic (exact) mass is 1220 g/mol. The molecule has 0 heterocycles. The molecule has 17 rings (SSSR count). The number of hydrogen-bond acceptors (Lipinski definition) is 2. The van der Waals surface area contributed by atoms with Crippen LogP contribution >= 0.6 is 0 Å². The maximum absolute atomic E-state index is 2.37. The van der Waals surface area contributed by atoms with Crippen LogP contribution in [-0.4, -0.2) is 0 Å². The third-order valence-electron chi connectivity index (χ3n) is 19.0. The third-order valence-corrected chi connectivity index (χ3v) is 19.0. The molecule has 0 aromatic heterocycles. The largest absolute Gasteiger partial charge is 0.310 e. The van der Waals surface area contributed by atoms with Crippen molar-refractivity contribution in [3.63, 3.8) is 0 Å². The molecule has 17 aromatic carbocycles. The molecule has 0 atom stereocenters. The summed E-state index contributed by atoms with van der Waals surface area (Å²) in [5.41, 5.74) is 20.6. The Kier molecular flexibility index (Phi) is 15.0. The topological polar surface area (TPSA) is 6.48 Å². The average Bonchev–Trinajstić information content (AvgIpc) is 0.748. The zero-order chi connectivity index (χ0) is 63.7. The first-order valence-corrected chi connectivity index (χ1v) is 33.0. The van der Waals surface area contributed by atoms with Gasteiger partial charge in [0.1, 0.15) is 0 Å². The number of rotatable bonds is 14. The molecule has 0 aliphatic rings. The Morgan fingerprint density at radius 2 is 0.427 bits per heavy atom. The molecule has 0 amide bonds. The highest BCUT2D eigenvalue weighted by atomic mass is 15.1. The van der Waals surface area contributed by atoms with Crippen LogP contribution in [0.2, 0.25) is 0 Å². The van der Waals surface area contributed by atoms with Crippen LogP contribution in [0.25, 0.3) is 110 Å². The number of benzene rings is 17. The number of anilines is 6. The van der Waals surface area contributed by atoms with Gasteiger partial charge in [-0.1, -0.05) is 303 Å². The lowest BCUT2D eigenvalue weighted by molar-refractivity contribution is 1.29. The minimum Gasteiger partial charge on any atom is -0.310 e. The molecule has 0 radical (unpaired) electrons. The van der Waals surface area contributed by atoms with Gasteiger partial charge in [-0.05, 0) is 216 Å². The first-order valence-electron chi connectivity index (χ1n) is 33.0. The molecule has 0 saturated carbocycles. The lowest BCUT2D eigenvalue weighted by Crippen LogP contribution is -2.09. The highest BCUT2D eigenvalue weighted by Gasteiger charge is 2.20. The highest BCUT2D eigenvalue weighted by Crippen LogP contribution is 2.46. The van der Waals surface area contributed by atoms with Crippen molar-refractivity contribution in [3.8, 4) is 22.3 Å². The van der Waals surface area contributed by atoms with E-state index in [1.807, 2.05) is 0 Å². The molecule has 0 saturated heterocycles. The third kappa shape index (κ3) is 11.1. The Bertz CT molecular complexity index is 5210. The van der Waals surface area contributed by atoms with Crippen molar-refractivity contribution in [1.82, 2.24) is 0 Å². The van der Waals surface area contributed by atoms with Gasteiger partial charge in [0.15, 0.2) is 0 Å². The van der Waals surface area contributed by atoms with E-state index in [0.29, 0.717) is 0 Å². The van der Waals surface area contributed by atoms with Crippen molar-refractivity contribution < 1.29 is 0 Å². The first-order chi connectivity index (χ1) is 47.6. The Morgan fingerprint density at radius 3 is 0.719 bits per heavy atom. The standard InChI is InChI=1S/C94H64N2/c1-3-23-71(24-4-1)91(59-65-35-51-81(52-36-65)95(83-55-47-67-19-7-11-27-77(67)61-83)84-56-48-68-20-8-12-28-78(68)62-84)73-39-43-75(44-40-73)93-87-31-15-17-33-89(87)94(90-34-18-16-32-88(90)93)76-45-41-74(42-46-76)92(72-25-5-2-6-26-72)60-66-37-53-82(54-38-66)96(85-57-49-69-21-9-13-29-79(69)63-85)86-58-50-70-22-10-14-30-80(70)64-86/h1-64H. The van der Waals surface area contributed by atoms with E-state index in [0.717, 1.165) is 78.7 Å². The molecule has 0 fully saturated rings. The van der Waals surface area contributed by atoms with E-state index in [4.69, 9.17) is 0 Å². The molecule has 0 N–H and O–H groups in total. The molecule has 0 bridgehead atoms. The molecular formula is C94H64N2. The highest BCUT2D eigenvalue weighted by molar-refractivity contribution is 6.21. The van der Waals surface area contributed by atoms with Crippen molar-refractivity contribution in [2.24, 2.45) is 0 Å². The SMILES string of the molecule is C(=C(c1ccccc1)c1ccc(-c2c3ccccc3c(-c3ccc(C(=Cc4ccc(N(c5ccc6ccccc6c5)c5ccc6ccccc6c5)cc4)c4ccccc4)cc3)c3ccccc23)cc1)c1ccc(N(c2ccc3ccccc3c2)c2ccc3ccccc3c2)cc1. The fourth-order valence-corrected chi connectivity index (χ4v) is 14.2. The van der Waals surface area contributed by atoms with Gasteiger partial charge in [-0.3, -0.25) is 0 Å². The summed E-state index contributed by atoms with van der Waals surface area (Å²) in [4.78, 5) is 4.74. The maximum Gasteiger partial charge on any atom is 0.0468 e. The molecule has 96 heavy (non-hydrogen) atoms. The summed E-state index contributed by atoms with van der Waals surface area (Å²) in [6, 6.07) is 137. The molecular weight excluding hydrogens is 1160 g/mol. The van der Waals surface area contributed by atoms with Gasteiger partial charge in [-0.25, -0.2) is 0 Å². The van der Waals surface area contributed by atoms with Crippen LogP contribution in [0.1, 0.15) is 33.4 Å². The van der Waals surface area contributed by atoms with Crippen LogP contribution < -0.4 is 9.80 Å². The normalized spacial score (nSPS) is 11.9. The summed E-state index contributed by atoms with van der Waals surface area (Å²) < 4.78 is 0. The molecule has 0 aliphatic carbocycles. The van der Waals surface area contributed by atoms with Gasteiger partial charge in [0.05, 0.1) is 0 Å². The van der Waals surface area contributed by atoms with Gasteiger partial charge < -0.3 is 9.80 Å². The maximum atomic E-state index is 2.37. The van der Waals surface area contributed by atoms with E-state index in [1.54, 1.807) is 0 Å². The van der Waals surface area contributed by atoms with E-state index < -0.39 is 0 Å². The summed E-state index contributed by atoms with van der Waals surface area (Å²) in [7, 11) is 0. The molecule has 0 spiro atoms. The van der Waals surface area contributed by atoms with E-state index in [1.165, 1.54) is 86.9 Å². The molecule has 0 aliphatic heterocycles. The van der Waals surface area contributed by atoms with Crippen molar-refractivity contribution in [2.45, 2.75) is 0 Å². The van der Waals surface area contributed by atoms with Crippen LogP contribution in [0.4, 0.5) is 34.1 Å². The van der Waals surface area contributed by atoms with Gasteiger partial charge in [0.2, 0.25) is 0 Å². The second-order valence-electron chi connectivity index (χ2n) is 24.8. The Morgan fingerprint density at radius 1 is 0.188 bits per heavy atom. The van der Waals surface area contributed by atoms with E-state index in [9.17, 15) is 0 Å². The minimum atomic E-state index is 1.09. The van der Waals surface area contributed by atoms with Crippen LogP contribution in [0.15, 0.2) is 376 Å². The van der Waals surface area contributed by atoms with Crippen LogP contribution in [0.3, 0.4) is 0 Å². The fourth-order valence-electron chi connectivity index (χ4n) is 14.2. The second-order valence-corrected chi connectivity index (χ2v) is 24.8. The quantitative estimate of drug-likeness (QED) is 0.0791. The average molecular weight is 1220 g/mol. The van der Waals surface area contributed by atoms with Crippen molar-refractivity contribution in [2.75, 3.05) is 9.80 Å². The van der Waals surface area contributed by atoms with Gasteiger partial charge in [0.25, 0.3) is 0 Å². The lowest BCUT2D eigenvalue weighted by Gasteiger charge is -2.26. The van der Waals surface area contributed by atoms with Crippen molar-refractivity contribution in [1.29, 1.82) is 0 Å². The van der Waals surface area contributed by atoms with Gasteiger partial charge in [0, 0.05) is 34.1 Å². The van der Waals surface area contributed by atoms with Crippen LogP contribution in [-0.2, 0) is 0 Å². The summed E-state index contributed by atoms with van der Waals surface area (Å²) in [5.74, 6) is 0.